The number of hydrogen-bond donors (Lipinski definition) is 1. The third-order valence-corrected chi connectivity index (χ3v) is 2.18. The average molecular weight is 163 g/mol. The minimum Gasteiger partial charge on any atom is -0.353 e. The van der Waals surface area contributed by atoms with E-state index in [1.165, 1.54) is 5.56 Å². The van der Waals surface area contributed by atoms with Gasteiger partial charge >= 0.3 is 0 Å². The van der Waals surface area contributed by atoms with Crippen LogP contribution in [0.5, 0.6) is 0 Å². The largest absolute Gasteiger partial charge is 0.353 e. The van der Waals surface area contributed by atoms with Gasteiger partial charge in [0.25, 0.3) is 0 Å². The predicted octanol–water partition coefficient (Wildman–Crippen LogP) is 1.30. The first-order valence-electron chi connectivity index (χ1n) is 4.31. The van der Waals surface area contributed by atoms with Crippen LogP contribution < -0.4 is 5.73 Å². The Morgan fingerprint density at radius 2 is 1.92 bits per heavy atom. The maximum absolute atomic E-state index is 5.51. The highest BCUT2D eigenvalue weighted by Crippen LogP contribution is 2.21. The van der Waals surface area contributed by atoms with E-state index in [-0.39, 0.29) is 6.23 Å². The molecule has 1 unspecified atom stereocenters. The number of benzene rings is 1. The van der Waals surface area contributed by atoms with Gasteiger partial charge in [-0.2, -0.15) is 0 Å². The van der Waals surface area contributed by atoms with Crippen LogP contribution in [0.15, 0.2) is 30.3 Å². The zero-order valence-corrected chi connectivity index (χ0v) is 6.94. The van der Waals surface area contributed by atoms with Crippen molar-refractivity contribution in [2.45, 2.75) is 25.2 Å². The molecule has 12 heavy (non-hydrogen) atoms. The zero-order valence-electron chi connectivity index (χ0n) is 6.94. The second-order valence-electron chi connectivity index (χ2n) is 3.16. The lowest BCUT2D eigenvalue weighted by Gasteiger charge is -1.96. The molecule has 64 valence electrons. The SMILES string of the molecule is NC1O[C@H]1CCc1ccccc1. The van der Waals surface area contributed by atoms with Crippen LogP contribution in [0, 0.1) is 0 Å². The number of aryl methyl sites for hydroxylation is 1. The minimum atomic E-state index is 0.00807. The molecule has 0 aromatic heterocycles. The molecule has 1 aliphatic heterocycles. The Morgan fingerprint density at radius 3 is 2.50 bits per heavy atom. The van der Waals surface area contributed by atoms with Gasteiger partial charge in [0.15, 0.2) is 0 Å². The van der Waals surface area contributed by atoms with E-state index in [4.69, 9.17) is 10.5 Å². The number of ether oxygens (including phenoxy) is 1. The third kappa shape index (κ3) is 1.84. The van der Waals surface area contributed by atoms with E-state index >= 15 is 0 Å². The third-order valence-electron chi connectivity index (χ3n) is 2.18. The molecule has 2 nitrogen and oxygen atoms in total. The van der Waals surface area contributed by atoms with Crippen molar-refractivity contribution in [1.29, 1.82) is 0 Å². The van der Waals surface area contributed by atoms with Crippen LogP contribution in [0.3, 0.4) is 0 Å². The van der Waals surface area contributed by atoms with Gasteiger partial charge in [0.1, 0.15) is 6.23 Å². The normalized spacial score (nSPS) is 27.1. The van der Waals surface area contributed by atoms with Gasteiger partial charge in [-0.15, -0.1) is 0 Å². The van der Waals surface area contributed by atoms with E-state index in [0.29, 0.717) is 6.10 Å². The zero-order chi connectivity index (χ0) is 8.39. The van der Waals surface area contributed by atoms with Crippen molar-refractivity contribution in [1.82, 2.24) is 0 Å². The highest BCUT2D eigenvalue weighted by molar-refractivity contribution is 5.14. The molecule has 2 atom stereocenters. The highest BCUT2D eigenvalue weighted by atomic mass is 16.6. The van der Waals surface area contributed by atoms with E-state index in [0.717, 1.165) is 12.8 Å². The molecule has 1 heterocycles. The lowest BCUT2D eigenvalue weighted by molar-refractivity contribution is 0.366. The molecule has 2 N–H and O–H groups in total. The molecule has 1 aromatic carbocycles. The van der Waals surface area contributed by atoms with Crippen molar-refractivity contribution < 1.29 is 4.74 Å². The number of hydrogen-bond acceptors (Lipinski definition) is 2. The monoisotopic (exact) mass is 163 g/mol. The molecule has 1 aliphatic rings. The molecule has 0 saturated carbocycles. The molecular weight excluding hydrogens is 150 g/mol. The molecule has 0 aliphatic carbocycles. The van der Waals surface area contributed by atoms with Gasteiger partial charge in [-0.3, -0.25) is 0 Å². The molecule has 1 aromatic rings. The van der Waals surface area contributed by atoms with Gasteiger partial charge in [0.2, 0.25) is 0 Å². The van der Waals surface area contributed by atoms with Crippen molar-refractivity contribution in [3.8, 4) is 0 Å². The Balaban J connectivity index is 1.80. The summed E-state index contributed by atoms with van der Waals surface area (Å²) in [6, 6.07) is 10.4. The van der Waals surface area contributed by atoms with Gasteiger partial charge in [-0.1, -0.05) is 30.3 Å². The van der Waals surface area contributed by atoms with Crippen molar-refractivity contribution in [2.24, 2.45) is 5.73 Å². The number of rotatable bonds is 3. The average Bonchev–Trinajstić information content (AvgIpc) is 2.81. The first-order valence-corrected chi connectivity index (χ1v) is 4.31. The smallest absolute Gasteiger partial charge is 0.132 e. The lowest BCUT2D eigenvalue weighted by atomic mass is 10.1. The molecular formula is C10H13NO. The number of epoxide rings is 1. The van der Waals surface area contributed by atoms with Crippen molar-refractivity contribution in [3.63, 3.8) is 0 Å². The van der Waals surface area contributed by atoms with Crippen LogP contribution in [-0.4, -0.2) is 12.3 Å². The summed E-state index contributed by atoms with van der Waals surface area (Å²) in [6.45, 7) is 0. The highest BCUT2D eigenvalue weighted by Gasteiger charge is 2.33. The van der Waals surface area contributed by atoms with E-state index in [2.05, 4.69) is 24.3 Å². The summed E-state index contributed by atoms with van der Waals surface area (Å²) in [4.78, 5) is 0. The summed E-state index contributed by atoms with van der Waals surface area (Å²) < 4.78 is 5.12. The maximum Gasteiger partial charge on any atom is 0.132 e. The van der Waals surface area contributed by atoms with Crippen molar-refractivity contribution in [2.75, 3.05) is 0 Å². The summed E-state index contributed by atoms with van der Waals surface area (Å²) in [5.41, 5.74) is 6.87. The first-order chi connectivity index (χ1) is 5.86. The molecule has 0 spiro atoms. The Hall–Kier alpha value is -0.860. The van der Waals surface area contributed by atoms with Crippen molar-refractivity contribution >= 4 is 0 Å². The second-order valence-corrected chi connectivity index (χ2v) is 3.16. The number of nitrogens with two attached hydrogens (primary N) is 1. The van der Waals surface area contributed by atoms with Crippen LogP contribution in [-0.2, 0) is 11.2 Å². The summed E-state index contributed by atoms with van der Waals surface area (Å²) in [5, 5.41) is 0. The molecule has 0 bridgehead atoms. The molecule has 1 fully saturated rings. The summed E-state index contributed by atoms with van der Waals surface area (Å²) >= 11 is 0. The standard InChI is InChI=1S/C10H13NO/c11-10-9(12-10)7-6-8-4-2-1-3-5-8/h1-5,9-10H,6-7,11H2/t9-,10?/m0/s1. The molecule has 2 rings (SSSR count). The van der Waals surface area contributed by atoms with Crippen LogP contribution >= 0.6 is 0 Å². The van der Waals surface area contributed by atoms with Gasteiger partial charge in [0, 0.05) is 0 Å². The fourth-order valence-electron chi connectivity index (χ4n) is 1.34. The topological polar surface area (TPSA) is 38.5 Å². The maximum atomic E-state index is 5.51. The Kier molecular flexibility index (Phi) is 2.11. The first kappa shape index (κ1) is 7.77. The van der Waals surface area contributed by atoms with Gasteiger partial charge in [0.05, 0.1) is 6.10 Å². The van der Waals surface area contributed by atoms with Crippen LogP contribution in [0.1, 0.15) is 12.0 Å². The minimum absolute atomic E-state index is 0.00807. The second kappa shape index (κ2) is 3.25. The van der Waals surface area contributed by atoms with Gasteiger partial charge in [-0.05, 0) is 18.4 Å². The van der Waals surface area contributed by atoms with Crippen molar-refractivity contribution in [3.05, 3.63) is 35.9 Å². The Morgan fingerprint density at radius 1 is 1.25 bits per heavy atom. The molecule has 1 saturated heterocycles. The van der Waals surface area contributed by atoms with E-state index in [9.17, 15) is 0 Å². The summed E-state index contributed by atoms with van der Waals surface area (Å²) in [6.07, 6.45) is 2.43. The molecule has 2 heteroatoms. The Labute approximate surface area is 72.3 Å². The summed E-state index contributed by atoms with van der Waals surface area (Å²) in [7, 11) is 0. The Bertz CT molecular complexity index is 247. The molecule has 0 amide bonds. The lowest BCUT2D eigenvalue weighted by Crippen LogP contribution is -2.05. The molecule has 0 radical (unpaired) electrons. The van der Waals surface area contributed by atoms with E-state index < -0.39 is 0 Å². The van der Waals surface area contributed by atoms with Crippen LogP contribution in [0.2, 0.25) is 0 Å². The van der Waals surface area contributed by atoms with Gasteiger partial charge < -0.3 is 10.5 Å². The quantitative estimate of drug-likeness (QED) is 0.682. The fourth-order valence-corrected chi connectivity index (χ4v) is 1.34. The van der Waals surface area contributed by atoms with E-state index in [1.54, 1.807) is 0 Å². The van der Waals surface area contributed by atoms with Crippen LogP contribution in [0.4, 0.5) is 0 Å². The predicted molar refractivity (Wildman–Crippen MR) is 47.6 cm³/mol. The van der Waals surface area contributed by atoms with Crippen LogP contribution in [0.25, 0.3) is 0 Å². The fraction of sp³-hybridized carbons (Fsp3) is 0.400. The summed E-state index contributed by atoms with van der Waals surface area (Å²) in [5.74, 6) is 0. The van der Waals surface area contributed by atoms with Gasteiger partial charge in [-0.25, -0.2) is 0 Å². The van der Waals surface area contributed by atoms with E-state index in [1.807, 2.05) is 6.07 Å².